The maximum absolute atomic E-state index is 12.7. The first-order valence-corrected chi connectivity index (χ1v) is 12.0. The summed E-state index contributed by atoms with van der Waals surface area (Å²) in [5.41, 5.74) is 4.10. The van der Waals surface area contributed by atoms with Crippen LogP contribution in [0.5, 0.6) is 17.2 Å². The van der Waals surface area contributed by atoms with Gasteiger partial charge >= 0.3 is 0 Å². The lowest BCUT2D eigenvalue weighted by Gasteiger charge is -2.13. The number of rotatable bonds is 12. The Bertz CT molecular complexity index is 1180. The molecule has 0 spiro atoms. The van der Waals surface area contributed by atoms with Crippen molar-refractivity contribution in [3.63, 3.8) is 0 Å². The van der Waals surface area contributed by atoms with Crippen molar-refractivity contribution in [1.29, 1.82) is 0 Å². The summed E-state index contributed by atoms with van der Waals surface area (Å²) < 4.78 is 17.4. The fourth-order valence-electron chi connectivity index (χ4n) is 3.80. The van der Waals surface area contributed by atoms with Crippen LogP contribution >= 0.6 is 0 Å². The molecule has 0 saturated carbocycles. The highest BCUT2D eigenvalue weighted by molar-refractivity contribution is 5.78. The number of amides is 1. The van der Waals surface area contributed by atoms with Crippen LogP contribution in [0.4, 0.5) is 0 Å². The normalized spacial score (nSPS) is 10.5. The standard InChI is InChI=1S/C31H31NO4/c1-34-28-14-8-13-24(17-28)15-16-32-31(33)20-27-18-29(35-22-25-9-4-2-5-10-25)21-30(19-27)36-23-26-11-6-3-7-12-26/h2-14,17-19,21H,15-16,20,22-23H2,1H3,(H,32,33). The van der Waals surface area contributed by atoms with E-state index in [1.54, 1.807) is 7.11 Å². The van der Waals surface area contributed by atoms with Crippen molar-refractivity contribution in [3.05, 3.63) is 125 Å². The molecule has 0 heterocycles. The first-order valence-electron chi connectivity index (χ1n) is 12.0. The number of hydrogen-bond acceptors (Lipinski definition) is 4. The zero-order chi connectivity index (χ0) is 25.0. The van der Waals surface area contributed by atoms with Crippen molar-refractivity contribution < 1.29 is 19.0 Å². The van der Waals surface area contributed by atoms with Crippen LogP contribution in [0.1, 0.15) is 22.3 Å². The van der Waals surface area contributed by atoms with Crippen LogP contribution in [-0.4, -0.2) is 19.6 Å². The average molecular weight is 482 g/mol. The summed E-state index contributed by atoms with van der Waals surface area (Å²) in [4.78, 5) is 12.7. The number of carbonyl (C=O) groups excluding carboxylic acids is 1. The van der Waals surface area contributed by atoms with Gasteiger partial charge in [-0.1, -0.05) is 72.8 Å². The van der Waals surface area contributed by atoms with E-state index in [1.807, 2.05) is 103 Å². The fourth-order valence-corrected chi connectivity index (χ4v) is 3.80. The molecule has 0 fully saturated rings. The Labute approximate surface area is 212 Å². The second-order valence-electron chi connectivity index (χ2n) is 8.49. The largest absolute Gasteiger partial charge is 0.497 e. The maximum atomic E-state index is 12.7. The van der Waals surface area contributed by atoms with Gasteiger partial charge in [-0.25, -0.2) is 0 Å². The Kier molecular flexibility index (Phi) is 8.98. The molecular formula is C31H31NO4. The lowest BCUT2D eigenvalue weighted by Crippen LogP contribution is -2.27. The summed E-state index contributed by atoms with van der Waals surface area (Å²) in [5, 5.41) is 3.01. The molecular weight excluding hydrogens is 450 g/mol. The predicted octanol–water partition coefficient (Wildman–Crippen LogP) is 5.75. The Hall–Kier alpha value is -4.25. The number of hydrogen-bond donors (Lipinski definition) is 1. The third-order valence-electron chi connectivity index (χ3n) is 5.67. The van der Waals surface area contributed by atoms with E-state index in [4.69, 9.17) is 14.2 Å². The molecule has 1 amide bonds. The molecule has 0 aliphatic rings. The third kappa shape index (κ3) is 7.91. The summed E-state index contributed by atoms with van der Waals surface area (Å²) in [5.74, 6) is 2.11. The first kappa shape index (κ1) is 24.9. The average Bonchev–Trinajstić information content (AvgIpc) is 2.92. The smallest absolute Gasteiger partial charge is 0.224 e. The lowest BCUT2D eigenvalue weighted by atomic mass is 10.1. The number of carbonyl (C=O) groups is 1. The van der Waals surface area contributed by atoms with Crippen LogP contribution in [0.25, 0.3) is 0 Å². The second kappa shape index (κ2) is 13.0. The Morgan fingerprint density at radius 2 is 1.19 bits per heavy atom. The van der Waals surface area contributed by atoms with E-state index < -0.39 is 0 Å². The van der Waals surface area contributed by atoms with Gasteiger partial charge in [0.05, 0.1) is 13.5 Å². The molecule has 36 heavy (non-hydrogen) atoms. The van der Waals surface area contributed by atoms with Gasteiger partial charge in [-0.15, -0.1) is 0 Å². The van der Waals surface area contributed by atoms with Crippen LogP contribution in [0.15, 0.2) is 103 Å². The number of nitrogens with one attached hydrogen (secondary N) is 1. The van der Waals surface area contributed by atoms with Crippen molar-refractivity contribution in [3.8, 4) is 17.2 Å². The summed E-state index contributed by atoms with van der Waals surface area (Å²) in [6, 6.07) is 33.5. The molecule has 5 nitrogen and oxygen atoms in total. The first-order chi connectivity index (χ1) is 17.7. The molecule has 4 aromatic carbocycles. The molecule has 0 aliphatic heterocycles. The number of benzene rings is 4. The zero-order valence-electron chi connectivity index (χ0n) is 20.5. The van der Waals surface area contributed by atoms with E-state index in [2.05, 4.69) is 5.32 Å². The molecule has 0 bridgehead atoms. The van der Waals surface area contributed by atoms with Crippen molar-refractivity contribution in [2.24, 2.45) is 0 Å². The van der Waals surface area contributed by atoms with Gasteiger partial charge in [0, 0.05) is 12.6 Å². The minimum Gasteiger partial charge on any atom is -0.497 e. The molecule has 0 unspecified atom stereocenters. The Morgan fingerprint density at radius 3 is 1.78 bits per heavy atom. The van der Waals surface area contributed by atoms with Crippen molar-refractivity contribution in [2.75, 3.05) is 13.7 Å². The van der Waals surface area contributed by atoms with Gasteiger partial charge in [0.2, 0.25) is 5.91 Å². The highest BCUT2D eigenvalue weighted by Crippen LogP contribution is 2.25. The van der Waals surface area contributed by atoms with Crippen LogP contribution in [0.2, 0.25) is 0 Å². The van der Waals surface area contributed by atoms with E-state index in [-0.39, 0.29) is 12.3 Å². The van der Waals surface area contributed by atoms with Crippen molar-refractivity contribution in [2.45, 2.75) is 26.1 Å². The minimum atomic E-state index is -0.0490. The van der Waals surface area contributed by atoms with Crippen molar-refractivity contribution >= 4 is 5.91 Å². The van der Waals surface area contributed by atoms with Gasteiger partial charge in [-0.3, -0.25) is 4.79 Å². The zero-order valence-corrected chi connectivity index (χ0v) is 20.5. The molecule has 4 aromatic rings. The molecule has 1 N–H and O–H groups in total. The van der Waals surface area contributed by atoms with Gasteiger partial charge in [0.25, 0.3) is 0 Å². The van der Waals surface area contributed by atoms with Gasteiger partial charge in [0.1, 0.15) is 30.5 Å². The Balaban J connectivity index is 1.39. The van der Waals surface area contributed by atoms with Crippen LogP contribution in [-0.2, 0) is 30.8 Å². The summed E-state index contributed by atoms with van der Waals surface area (Å²) in [6.45, 7) is 1.43. The van der Waals surface area contributed by atoms with Crippen molar-refractivity contribution in [1.82, 2.24) is 5.32 Å². The summed E-state index contributed by atoms with van der Waals surface area (Å²) in [7, 11) is 1.65. The highest BCUT2D eigenvalue weighted by Gasteiger charge is 2.09. The lowest BCUT2D eigenvalue weighted by molar-refractivity contribution is -0.120. The molecule has 5 heteroatoms. The molecule has 0 aromatic heterocycles. The fraction of sp³-hybridized carbons (Fsp3) is 0.194. The van der Waals surface area contributed by atoms with E-state index in [0.29, 0.717) is 31.3 Å². The van der Waals surface area contributed by atoms with E-state index in [1.165, 1.54) is 0 Å². The van der Waals surface area contributed by atoms with Gasteiger partial charge in [-0.2, -0.15) is 0 Å². The molecule has 0 saturated heterocycles. The quantitative estimate of drug-likeness (QED) is 0.280. The molecule has 184 valence electrons. The van der Waals surface area contributed by atoms with Gasteiger partial charge < -0.3 is 19.5 Å². The number of ether oxygens (including phenoxy) is 3. The monoisotopic (exact) mass is 481 g/mol. The van der Waals surface area contributed by atoms with E-state index in [0.717, 1.165) is 34.4 Å². The van der Waals surface area contributed by atoms with Gasteiger partial charge in [-0.05, 0) is 52.9 Å². The minimum absolute atomic E-state index is 0.0490. The van der Waals surface area contributed by atoms with E-state index >= 15 is 0 Å². The van der Waals surface area contributed by atoms with E-state index in [9.17, 15) is 4.79 Å². The van der Waals surface area contributed by atoms with Crippen LogP contribution in [0.3, 0.4) is 0 Å². The van der Waals surface area contributed by atoms with Gasteiger partial charge in [0.15, 0.2) is 0 Å². The van der Waals surface area contributed by atoms with Crippen LogP contribution in [0, 0.1) is 0 Å². The maximum Gasteiger partial charge on any atom is 0.224 e. The highest BCUT2D eigenvalue weighted by atomic mass is 16.5. The molecule has 0 atom stereocenters. The molecule has 0 radical (unpaired) electrons. The predicted molar refractivity (Wildman–Crippen MR) is 141 cm³/mol. The molecule has 4 rings (SSSR count). The summed E-state index contributed by atoms with van der Waals surface area (Å²) in [6.07, 6.45) is 0.969. The SMILES string of the molecule is COc1cccc(CCNC(=O)Cc2cc(OCc3ccccc3)cc(OCc3ccccc3)c2)c1. The molecule has 0 aliphatic carbocycles. The number of methoxy groups -OCH3 is 1. The van der Waals surface area contributed by atoms with Crippen LogP contribution < -0.4 is 19.5 Å². The second-order valence-corrected chi connectivity index (χ2v) is 8.49. The summed E-state index contributed by atoms with van der Waals surface area (Å²) >= 11 is 0. The Morgan fingerprint density at radius 1 is 0.639 bits per heavy atom. The third-order valence-corrected chi connectivity index (χ3v) is 5.67. The topological polar surface area (TPSA) is 56.8 Å².